The number of nitrogens with one attached hydrogen (secondary N) is 1. The van der Waals surface area contributed by atoms with Crippen molar-refractivity contribution >= 4 is 54.9 Å². The Morgan fingerprint density at radius 3 is 2.32 bits per heavy atom. The number of fused-ring (bicyclic) bond motifs is 1. The molecule has 2 aromatic rings. The van der Waals surface area contributed by atoms with Crippen molar-refractivity contribution in [2.24, 2.45) is 0 Å². The largest absolute Gasteiger partial charge is 0.354 e. The summed E-state index contributed by atoms with van der Waals surface area (Å²) in [6, 6.07) is 14.3. The van der Waals surface area contributed by atoms with E-state index < -0.39 is 15.7 Å². The Morgan fingerprint density at radius 1 is 1.03 bits per heavy atom. The first-order valence-electron chi connectivity index (χ1n) is 9.21. The van der Waals surface area contributed by atoms with Crippen LogP contribution in [-0.4, -0.2) is 18.0 Å². The van der Waals surface area contributed by atoms with Gasteiger partial charge < -0.3 is 0 Å². The van der Waals surface area contributed by atoms with Crippen LogP contribution in [0.5, 0.6) is 0 Å². The second kappa shape index (κ2) is 8.42. The van der Waals surface area contributed by atoms with Gasteiger partial charge in [-0.15, -0.1) is 11.3 Å². The summed E-state index contributed by atoms with van der Waals surface area (Å²) >= 11 is 6.39. The van der Waals surface area contributed by atoms with Crippen LogP contribution in [0.25, 0.3) is 5.69 Å². The highest BCUT2D eigenvalue weighted by atomic mass is 79.9. The van der Waals surface area contributed by atoms with Crippen LogP contribution in [0, 0.1) is 20.8 Å². The number of imidazole rings is 1. The monoisotopic (exact) mass is 535 g/mol. The van der Waals surface area contributed by atoms with Gasteiger partial charge in [-0.25, -0.2) is 13.2 Å². The third kappa shape index (κ3) is 4.43. The van der Waals surface area contributed by atoms with E-state index in [1.54, 1.807) is 12.1 Å². The second-order valence-electron chi connectivity index (χ2n) is 6.93. The van der Waals surface area contributed by atoms with Crippen LogP contribution in [0.3, 0.4) is 0 Å². The summed E-state index contributed by atoms with van der Waals surface area (Å²) < 4.78 is 31.6. The van der Waals surface area contributed by atoms with Gasteiger partial charge in [-0.05, 0) is 57.2 Å². The molecule has 4 rings (SSSR count). The number of hydrogen-bond donors (Lipinski definition) is 1. The van der Waals surface area contributed by atoms with Crippen molar-refractivity contribution < 1.29 is 8.42 Å². The molecule has 0 unspecified atom stereocenters. The van der Waals surface area contributed by atoms with Crippen LogP contribution in [0.2, 0.25) is 0 Å². The quantitative estimate of drug-likeness (QED) is 0.371. The number of rotatable bonds is 5. The van der Waals surface area contributed by atoms with Gasteiger partial charge in [0.25, 0.3) is 10.0 Å². The topological polar surface area (TPSA) is 81.1 Å². The summed E-state index contributed by atoms with van der Waals surface area (Å²) in [5, 5.41) is 0. The zero-order valence-electron chi connectivity index (χ0n) is 16.8. The van der Waals surface area contributed by atoms with Gasteiger partial charge in [0.1, 0.15) is 5.69 Å². The fourth-order valence-electron chi connectivity index (χ4n) is 2.97. The van der Waals surface area contributed by atoms with E-state index in [0.717, 1.165) is 29.7 Å². The van der Waals surface area contributed by atoms with Crippen LogP contribution >= 0.6 is 39.0 Å². The smallest absolute Gasteiger partial charge is 0.261 e. The maximum atomic E-state index is 13.0. The summed E-state index contributed by atoms with van der Waals surface area (Å²) in [4.78, 5) is 18.8. The van der Waals surface area contributed by atoms with E-state index in [-0.39, 0.29) is 10.7 Å². The zero-order chi connectivity index (χ0) is 22.3. The van der Waals surface area contributed by atoms with Crippen LogP contribution in [-0.2, 0) is 10.0 Å². The molecular formula is C21H18BrN3O3S3. The van der Waals surface area contributed by atoms with Gasteiger partial charge in [0.05, 0.1) is 9.10 Å². The molecule has 0 amide bonds. The molecule has 1 N–H and O–H groups in total. The molecule has 0 radical (unpaired) electrons. The van der Waals surface area contributed by atoms with Crippen LogP contribution in [0.1, 0.15) is 16.1 Å². The minimum absolute atomic E-state index is 0.0320. The van der Waals surface area contributed by atoms with E-state index in [9.17, 15) is 13.2 Å². The Morgan fingerprint density at radius 2 is 1.68 bits per heavy atom. The number of hydrogen-bond acceptors (Lipinski definition) is 6. The fourth-order valence-corrected chi connectivity index (χ4v) is 6.65. The molecule has 0 atom stereocenters. The van der Waals surface area contributed by atoms with E-state index in [0.29, 0.717) is 5.69 Å². The third-order valence-corrected chi connectivity index (χ3v) is 8.97. The highest BCUT2D eigenvalue weighted by Gasteiger charge is 2.27. The predicted octanol–water partition coefficient (Wildman–Crippen LogP) is 5.37. The van der Waals surface area contributed by atoms with E-state index in [1.165, 1.54) is 39.8 Å². The molecular weight excluding hydrogens is 518 g/mol. The number of sulfonamides is 1. The van der Waals surface area contributed by atoms with Crippen molar-refractivity contribution in [3.8, 4) is 5.69 Å². The number of nitrogens with zero attached hydrogens (tertiary/aromatic N) is 2. The third-order valence-electron chi connectivity index (χ3n) is 4.72. The second-order valence-corrected chi connectivity index (χ2v) is 12.1. The van der Waals surface area contributed by atoms with Crippen molar-refractivity contribution in [2.75, 3.05) is 4.72 Å². The number of benzene rings is 2. The van der Waals surface area contributed by atoms with Crippen molar-refractivity contribution in [1.82, 2.24) is 9.55 Å². The van der Waals surface area contributed by atoms with E-state index in [1.807, 2.05) is 45.0 Å². The highest BCUT2D eigenvalue weighted by Crippen LogP contribution is 2.41. The first-order chi connectivity index (χ1) is 14.7. The van der Waals surface area contributed by atoms with E-state index in [4.69, 9.17) is 0 Å². The molecule has 0 aliphatic carbocycles. The van der Waals surface area contributed by atoms with Gasteiger partial charge in [-0.3, -0.25) is 9.29 Å². The van der Waals surface area contributed by atoms with E-state index >= 15 is 0 Å². The average molecular weight is 536 g/mol. The van der Waals surface area contributed by atoms with Crippen LogP contribution in [0.4, 0.5) is 5.82 Å². The SMILES string of the molecule is Cc1ccc(S(=O)(=O)Nc2nc(=O)n3c(C)c(C)sc(Sc4ccc(Br)cc4)c2-3)cc1. The van der Waals surface area contributed by atoms with Gasteiger partial charge in [-0.2, -0.15) is 4.98 Å². The Hall–Kier alpha value is -2.14. The van der Waals surface area contributed by atoms with E-state index in [2.05, 4.69) is 25.6 Å². The Labute approximate surface area is 196 Å². The molecule has 0 saturated carbocycles. The summed E-state index contributed by atoms with van der Waals surface area (Å²) in [7, 11) is -3.90. The molecule has 6 nitrogen and oxygen atoms in total. The van der Waals surface area contributed by atoms with Crippen molar-refractivity contribution in [3.63, 3.8) is 0 Å². The minimum atomic E-state index is -3.90. The maximum absolute atomic E-state index is 13.0. The molecule has 0 saturated heterocycles. The van der Waals surface area contributed by atoms with Gasteiger partial charge in [0.2, 0.25) is 0 Å². The molecule has 0 fully saturated rings. The molecule has 2 heterocycles. The summed E-state index contributed by atoms with van der Waals surface area (Å²) in [5.74, 6) is 0.0320. The van der Waals surface area contributed by atoms with Crippen molar-refractivity contribution in [2.45, 2.75) is 34.8 Å². The Bertz CT molecular complexity index is 1390. The summed E-state index contributed by atoms with van der Waals surface area (Å²) in [6.07, 6.45) is 0. The minimum Gasteiger partial charge on any atom is -0.261 e. The first-order valence-corrected chi connectivity index (χ1v) is 13.1. The fraction of sp³-hybridized carbons (Fsp3) is 0.143. The van der Waals surface area contributed by atoms with Gasteiger partial charge in [0, 0.05) is 19.9 Å². The molecule has 2 aliphatic rings. The number of halogens is 1. The molecule has 2 aliphatic heterocycles. The molecule has 31 heavy (non-hydrogen) atoms. The number of aryl methyl sites for hydroxylation is 2. The highest BCUT2D eigenvalue weighted by molar-refractivity contribution is 9.10. The molecule has 10 heteroatoms. The number of anilines is 1. The van der Waals surface area contributed by atoms with Crippen LogP contribution in [0.15, 0.2) is 71.8 Å². The molecule has 0 bridgehead atoms. The lowest BCUT2D eigenvalue weighted by Gasteiger charge is -2.16. The maximum Gasteiger partial charge on any atom is 0.354 e. The standard InChI is InChI=1S/C21H18BrN3O3S3/c1-12-4-10-17(11-5-12)31(27,28)24-19-18-20(30-16-8-6-15(22)7-9-16)29-14(3)13(2)25(18)21(26)23-19/h4-11H,1-3H3,(H,23,24,26). The van der Waals surface area contributed by atoms with Gasteiger partial charge in [0.15, 0.2) is 5.82 Å². The lowest BCUT2D eigenvalue weighted by molar-refractivity contribution is 0.601. The molecule has 0 aromatic heterocycles. The first kappa shape index (κ1) is 22.1. The lowest BCUT2D eigenvalue weighted by Crippen LogP contribution is -2.17. The predicted molar refractivity (Wildman–Crippen MR) is 129 cm³/mol. The molecule has 160 valence electrons. The van der Waals surface area contributed by atoms with Crippen LogP contribution < -0.4 is 10.4 Å². The average Bonchev–Trinajstić information content (AvgIpc) is 3.03. The van der Waals surface area contributed by atoms with Gasteiger partial charge >= 0.3 is 5.69 Å². The van der Waals surface area contributed by atoms with Crippen molar-refractivity contribution in [1.29, 1.82) is 0 Å². The number of aromatic nitrogens is 2. The zero-order valence-corrected chi connectivity index (χ0v) is 20.9. The molecule has 0 spiro atoms. The Balaban J connectivity index is 1.83. The van der Waals surface area contributed by atoms with Crippen molar-refractivity contribution in [3.05, 3.63) is 79.6 Å². The summed E-state index contributed by atoms with van der Waals surface area (Å²) in [6.45, 7) is 5.64. The Kier molecular flexibility index (Phi) is 5.99. The van der Waals surface area contributed by atoms with Gasteiger partial charge in [-0.1, -0.05) is 45.4 Å². The normalized spacial score (nSPS) is 11.7. The molecule has 2 aromatic carbocycles. The summed E-state index contributed by atoms with van der Waals surface area (Å²) in [5.41, 5.74) is 1.64. The lowest BCUT2D eigenvalue weighted by atomic mass is 10.2.